The molecule has 8 heteroatoms. The van der Waals surface area contributed by atoms with Gasteiger partial charge in [-0.1, -0.05) is 69.3 Å². The van der Waals surface area contributed by atoms with Crippen LogP contribution in [0.15, 0.2) is 30.3 Å². The van der Waals surface area contributed by atoms with E-state index in [-0.39, 0.29) is 22.8 Å². The summed E-state index contributed by atoms with van der Waals surface area (Å²) >= 11 is 0.982. The van der Waals surface area contributed by atoms with Gasteiger partial charge in [0.2, 0.25) is 17.7 Å². The van der Waals surface area contributed by atoms with Crippen LogP contribution in [0.3, 0.4) is 0 Å². The summed E-state index contributed by atoms with van der Waals surface area (Å²) in [6.45, 7) is 7.29. The summed E-state index contributed by atoms with van der Waals surface area (Å²) in [5.74, 6) is -0.895. The van der Waals surface area contributed by atoms with Crippen LogP contribution in [-0.2, 0) is 25.6 Å². The van der Waals surface area contributed by atoms with Crippen LogP contribution in [0.2, 0.25) is 0 Å². The average molecular weight is 450 g/mol. The second-order valence-electron chi connectivity index (χ2n) is 7.94. The molecule has 0 fully saturated rings. The zero-order chi connectivity index (χ0) is 23.4. The summed E-state index contributed by atoms with van der Waals surface area (Å²) in [6, 6.07) is 7.87. The van der Waals surface area contributed by atoms with Crippen LogP contribution in [-0.4, -0.2) is 47.2 Å². The fourth-order valence-electron chi connectivity index (χ4n) is 3.18. The Morgan fingerprint density at radius 3 is 2.06 bits per heavy atom. The van der Waals surface area contributed by atoms with E-state index >= 15 is 0 Å². The van der Waals surface area contributed by atoms with Crippen molar-refractivity contribution in [1.82, 2.24) is 16.0 Å². The minimum atomic E-state index is -0.789. The third-order valence-corrected chi connectivity index (χ3v) is 5.72. The maximum atomic E-state index is 13.1. The third-order valence-electron chi connectivity index (χ3n) is 4.65. The quantitative estimate of drug-likeness (QED) is 0.455. The number of carbonyl (C=O) groups is 4. The van der Waals surface area contributed by atoms with Crippen molar-refractivity contribution in [3.8, 4) is 0 Å². The maximum Gasteiger partial charge on any atom is 0.243 e. The van der Waals surface area contributed by atoms with E-state index in [0.717, 1.165) is 23.7 Å². The predicted octanol–water partition coefficient (Wildman–Crippen LogP) is 2.44. The summed E-state index contributed by atoms with van der Waals surface area (Å²) in [5, 5.41) is 7.52. The first-order valence-corrected chi connectivity index (χ1v) is 11.6. The van der Waals surface area contributed by atoms with E-state index in [0.29, 0.717) is 19.3 Å². The van der Waals surface area contributed by atoms with Crippen molar-refractivity contribution in [2.24, 2.45) is 5.92 Å². The number of benzene rings is 1. The minimum absolute atomic E-state index is 0.138. The Bertz CT molecular complexity index is 740. The fourth-order valence-corrected chi connectivity index (χ4v) is 4.11. The first-order chi connectivity index (χ1) is 14.7. The zero-order valence-corrected chi connectivity index (χ0v) is 19.9. The molecule has 0 saturated heterocycles. The summed E-state index contributed by atoms with van der Waals surface area (Å²) in [5.41, 5.74) is 0.918. The van der Waals surface area contributed by atoms with E-state index in [1.54, 1.807) is 0 Å². The average Bonchev–Trinajstić information content (AvgIpc) is 2.71. The molecule has 3 N–H and O–H groups in total. The van der Waals surface area contributed by atoms with Gasteiger partial charge in [-0.2, -0.15) is 0 Å². The molecule has 172 valence electrons. The standard InChI is InChI=1S/C23H35N3O4S/c1-6-10-20(31-16(4)27)23(30)26-18(13-15(2)3)22(29)25-19(21(28)24-5)14-17-11-8-7-9-12-17/h7-9,11-12,15,18-20H,6,10,13-14H2,1-5H3,(H,24,28)(H,25,29)(H,26,30)/t18-,19-,20?/m0/s1. The van der Waals surface area contributed by atoms with Crippen LogP contribution in [0.25, 0.3) is 0 Å². The van der Waals surface area contributed by atoms with Crippen LogP contribution in [0.5, 0.6) is 0 Å². The lowest BCUT2D eigenvalue weighted by Crippen LogP contribution is -2.55. The molecule has 1 rings (SSSR count). The number of amides is 3. The van der Waals surface area contributed by atoms with Gasteiger partial charge in [0.1, 0.15) is 12.1 Å². The molecule has 0 aromatic heterocycles. The molecule has 0 aliphatic rings. The highest BCUT2D eigenvalue weighted by Crippen LogP contribution is 2.18. The normalized spacial score (nSPS) is 13.7. The van der Waals surface area contributed by atoms with Crippen molar-refractivity contribution in [2.45, 2.75) is 70.7 Å². The predicted molar refractivity (Wildman–Crippen MR) is 124 cm³/mol. The largest absolute Gasteiger partial charge is 0.357 e. The molecule has 0 bridgehead atoms. The van der Waals surface area contributed by atoms with Crippen LogP contribution < -0.4 is 16.0 Å². The Morgan fingerprint density at radius 2 is 1.55 bits per heavy atom. The van der Waals surface area contributed by atoms with E-state index in [2.05, 4.69) is 16.0 Å². The highest BCUT2D eigenvalue weighted by atomic mass is 32.2. The molecule has 0 aliphatic heterocycles. The highest BCUT2D eigenvalue weighted by molar-refractivity contribution is 8.14. The van der Waals surface area contributed by atoms with Gasteiger partial charge in [-0.05, 0) is 24.3 Å². The van der Waals surface area contributed by atoms with E-state index < -0.39 is 23.2 Å². The molecule has 1 unspecified atom stereocenters. The lowest BCUT2D eigenvalue weighted by atomic mass is 10.0. The fraction of sp³-hybridized carbons (Fsp3) is 0.565. The second kappa shape index (κ2) is 13.9. The van der Waals surface area contributed by atoms with E-state index in [9.17, 15) is 19.2 Å². The van der Waals surface area contributed by atoms with E-state index in [1.807, 2.05) is 51.1 Å². The topological polar surface area (TPSA) is 104 Å². The van der Waals surface area contributed by atoms with Gasteiger partial charge in [0.25, 0.3) is 0 Å². The number of likely N-dealkylation sites (N-methyl/N-ethyl adjacent to an activating group) is 1. The molecule has 0 saturated carbocycles. The Balaban J connectivity index is 2.96. The van der Waals surface area contributed by atoms with Crippen molar-refractivity contribution >= 4 is 34.6 Å². The molecular formula is C23H35N3O4S. The molecule has 3 atom stereocenters. The molecule has 7 nitrogen and oxygen atoms in total. The van der Waals surface area contributed by atoms with Gasteiger partial charge >= 0.3 is 0 Å². The Morgan fingerprint density at radius 1 is 0.935 bits per heavy atom. The summed E-state index contributed by atoms with van der Waals surface area (Å²) in [6.07, 6.45) is 2.05. The van der Waals surface area contributed by atoms with Gasteiger partial charge < -0.3 is 16.0 Å². The number of rotatable bonds is 12. The number of thioether (sulfide) groups is 1. The van der Waals surface area contributed by atoms with Gasteiger partial charge in [-0.25, -0.2) is 0 Å². The van der Waals surface area contributed by atoms with E-state index in [4.69, 9.17) is 0 Å². The lowest BCUT2D eigenvalue weighted by Gasteiger charge is -2.25. The summed E-state index contributed by atoms with van der Waals surface area (Å²) < 4.78 is 0. The first kappa shape index (κ1) is 26.7. The Labute approximate surface area is 189 Å². The van der Waals surface area contributed by atoms with Gasteiger partial charge in [-0.15, -0.1) is 0 Å². The molecular weight excluding hydrogens is 414 g/mol. The van der Waals surface area contributed by atoms with Gasteiger partial charge in [0.05, 0.1) is 5.25 Å². The van der Waals surface area contributed by atoms with Crippen LogP contribution in [0.1, 0.15) is 52.5 Å². The number of hydrogen-bond donors (Lipinski definition) is 3. The van der Waals surface area contributed by atoms with Crippen LogP contribution >= 0.6 is 11.8 Å². The van der Waals surface area contributed by atoms with Crippen molar-refractivity contribution in [1.29, 1.82) is 0 Å². The first-order valence-electron chi connectivity index (χ1n) is 10.7. The van der Waals surface area contributed by atoms with Gasteiger partial charge in [-0.3, -0.25) is 19.2 Å². The number of nitrogens with one attached hydrogen (secondary N) is 3. The van der Waals surface area contributed by atoms with E-state index in [1.165, 1.54) is 14.0 Å². The molecule has 1 aromatic carbocycles. The monoisotopic (exact) mass is 449 g/mol. The highest BCUT2D eigenvalue weighted by Gasteiger charge is 2.29. The molecule has 31 heavy (non-hydrogen) atoms. The van der Waals surface area contributed by atoms with Crippen LogP contribution in [0.4, 0.5) is 0 Å². The van der Waals surface area contributed by atoms with Crippen molar-refractivity contribution < 1.29 is 19.2 Å². The lowest BCUT2D eigenvalue weighted by molar-refractivity contribution is -0.132. The third kappa shape index (κ3) is 10.0. The molecule has 0 heterocycles. The van der Waals surface area contributed by atoms with Crippen molar-refractivity contribution in [2.75, 3.05) is 7.05 Å². The number of carbonyl (C=O) groups excluding carboxylic acids is 4. The SMILES string of the molecule is CCCC(SC(C)=O)C(=O)N[C@@H](CC(C)C)C(=O)N[C@@H](Cc1ccccc1)C(=O)NC. The maximum absolute atomic E-state index is 13.1. The minimum Gasteiger partial charge on any atom is -0.357 e. The summed E-state index contributed by atoms with van der Waals surface area (Å²) in [7, 11) is 1.52. The van der Waals surface area contributed by atoms with Gasteiger partial charge in [0.15, 0.2) is 5.12 Å². The smallest absolute Gasteiger partial charge is 0.243 e. The van der Waals surface area contributed by atoms with Crippen molar-refractivity contribution in [3.63, 3.8) is 0 Å². The Hall–Kier alpha value is -2.35. The molecule has 3 amide bonds. The molecule has 1 aromatic rings. The summed E-state index contributed by atoms with van der Waals surface area (Å²) in [4.78, 5) is 49.7. The second-order valence-corrected chi connectivity index (χ2v) is 9.32. The van der Waals surface area contributed by atoms with Crippen LogP contribution in [0, 0.1) is 5.92 Å². The Kier molecular flexibility index (Phi) is 11.9. The van der Waals surface area contributed by atoms with Crippen molar-refractivity contribution in [3.05, 3.63) is 35.9 Å². The molecule has 0 radical (unpaired) electrons. The number of hydrogen-bond acceptors (Lipinski definition) is 5. The molecule has 0 aliphatic carbocycles. The van der Waals surface area contributed by atoms with Gasteiger partial charge in [0, 0.05) is 20.4 Å². The molecule has 0 spiro atoms. The zero-order valence-electron chi connectivity index (χ0n) is 19.1.